The molecular formula is C18H29N3O2S. The Labute approximate surface area is 149 Å². The van der Waals surface area contributed by atoms with Gasteiger partial charge in [0.1, 0.15) is 5.75 Å². The molecule has 5 nitrogen and oxygen atoms in total. The van der Waals surface area contributed by atoms with Gasteiger partial charge in [0.2, 0.25) is 0 Å². The number of amides is 2. The van der Waals surface area contributed by atoms with E-state index in [2.05, 4.69) is 21.8 Å². The number of thioether (sulfide) groups is 1. The van der Waals surface area contributed by atoms with Crippen LogP contribution in [-0.4, -0.2) is 55.7 Å². The van der Waals surface area contributed by atoms with E-state index >= 15 is 0 Å². The van der Waals surface area contributed by atoms with Crippen molar-refractivity contribution >= 4 is 23.5 Å². The number of nitrogens with one attached hydrogen (secondary N) is 2. The maximum atomic E-state index is 12.2. The summed E-state index contributed by atoms with van der Waals surface area (Å²) >= 11 is 1.88. The fraction of sp³-hybridized carbons (Fsp3) is 0.611. The Morgan fingerprint density at radius 3 is 2.46 bits per heavy atom. The number of aryl methyl sites for hydroxylation is 2. The minimum absolute atomic E-state index is 0.124. The van der Waals surface area contributed by atoms with Crippen molar-refractivity contribution in [1.82, 2.24) is 10.2 Å². The maximum Gasteiger partial charge on any atom is 0.319 e. The largest absolute Gasteiger partial charge is 0.496 e. The van der Waals surface area contributed by atoms with Crippen LogP contribution in [0.3, 0.4) is 0 Å². The van der Waals surface area contributed by atoms with Gasteiger partial charge >= 0.3 is 6.03 Å². The summed E-state index contributed by atoms with van der Waals surface area (Å²) in [7, 11) is 1.67. The van der Waals surface area contributed by atoms with Crippen molar-refractivity contribution in [3.05, 3.63) is 23.3 Å². The van der Waals surface area contributed by atoms with E-state index < -0.39 is 0 Å². The van der Waals surface area contributed by atoms with E-state index in [1.165, 1.54) is 5.75 Å². The Balaban J connectivity index is 1.82. The molecule has 2 rings (SSSR count). The average Bonchev–Trinajstić information content (AvgIpc) is 2.54. The summed E-state index contributed by atoms with van der Waals surface area (Å²) in [6, 6.07) is 4.02. The molecular weight excluding hydrogens is 322 g/mol. The average molecular weight is 352 g/mol. The SMILES string of the molecule is COc1c(C)cc(NC(=O)NC2CCN(CCSC)CC2)cc1C. The number of piperidine rings is 1. The fourth-order valence-electron chi connectivity index (χ4n) is 3.22. The standard InChI is InChI=1S/C18H29N3O2S/c1-13-11-16(12-14(2)17(13)23-3)20-18(22)19-15-5-7-21(8-6-15)9-10-24-4/h11-12,15H,5-10H2,1-4H3,(H2,19,20,22). The first-order chi connectivity index (χ1) is 11.5. The molecule has 2 N–H and O–H groups in total. The third kappa shape index (κ3) is 5.31. The number of hydrogen-bond acceptors (Lipinski definition) is 4. The van der Waals surface area contributed by atoms with Gasteiger partial charge in [0, 0.05) is 37.1 Å². The molecule has 1 aromatic carbocycles. The molecule has 0 atom stereocenters. The van der Waals surface area contributed by atoms with Gasteiger partial charge in [-0.2, -0.15) is 11.8 Å². The van der Waals surface area contributed by atoms with E-state index in [0.717, 1.165) is 55.0 Å². The molecule has 2 amide bonds. The van der Waals surface area contributed by atoms with Crippen molar-refractivity contribution < 1.29 is 9.53 Å². The topological polar surface area (TPSA) is 53.6 Å². The smallest absolute Gasteiger partial charge is 0.319 e. The Morgan fingerprint density at radius 1 is 1.29 bits per heavy atom. The highest BCUT2D eigenvalue weighted by atomic mass is 32.2. The number of urea groups is 1. The van der Waals surface area contributed by atoms with Gasteiger partial charge in [-0.3, -0.25) is 0 Å². The number of carbonyl (C=O) groups excluding carboxylic acids is 1. The number of likely N-dealkylation sites (tertiary alicyclic amines) is 1. The number of rotatable bonds is 6. The highest BCUT2D eigenvalue weighted by molar-refractivity contribution is 7.98. The van der Waals surface area contributed by atoms with Gasteiger partial charge in [-0.15, -0.1) is 0 Å². The Hall–Kier alpha value is -1.40. The minimum atomic E-state index is -0.124. The zero-order chi connectivity index (χ0) is 17.5. The second kappa shape index (κ2) is 9.18. The molecule has 1 fully saturated rings. The van der Waals surface area contributed by atoms with Crippen LogP contribution < -0.4 is 15.4 Å². The van der Waals surface area contributed by atoms with E-state index in [0.29, 0.717) is 0 Å². The van der Waals surface area contributed by atoms with Crippen LogP contribution >= 0.6 is 11.8 Å². The first kappa shape index (κ1) is 18.9. The molecule has 6 heteroatoms. The van der Waals surface area contributed by atoms with Crippen molar-refractivity contribution in [3.8, 4) is 5.75 Å². The van der Waals surface area contributed by atoms with Crippen LogP contribution in [0.4, 0.5) is 10.5 Å². The number of nitrogens with zero attached hydrogens (tertiary/aromatic N) is 1. The molecule has 0 aliphatic carbocycles. The zero-order valence-electron chi connectivity index (χ0n) is 15.1. The summed E-state index contributed by atoms with van der Waals surface area (Å²) in [5.74, 6) is 2.05. The second-order valence-corrected chi connectivity index (χ2v) is 7.34. The van der Waals surface area contributed by atoms with Gasteiger partial charge in [-0.25, -0.2) is 4.79 Å². The first-order valence-electron chi connectivity index (χ1n) is 8.47. The van der Waals surface area contributed by atoms with Crippen LogP contribution in [0.15, 0.2) is 12.1 Å². The monoisotopic (exact) mass is 351 g/mol. The van der Waals surface area contributed by atoms with E-state index in [4.69, 9.17) is 4.74 Å². The highest BCUT2D eigenvalue weighted by Crippen LogP contribution is 2.26. The van der Waals surface area contributed by atoms with Crippen LogP contribution in [0.2, 0.25) is 0 Å². The second-order valence-electron chi connectivity index (χ2n) is 6.35. The van der Waals surface area contributed by atoms with Gasteiger partial charge in [0.15, 0.2) is 0 Å². The first-order valence-corrected chi connectivity index (χ1v) is 9.87. The molecule has 1 aliphatic rings. The number of methoxy groups -OCH3 is 1. The molecule has 0 unspecified atom stereocenters. The molecule has 1 aromatic rings. The molecule has 1 saturated heterocycles. The summed E-state index contributed by atoms with van der Waals surface area (Å²) in [5, 5.41) is 6.04. The van der Waals surface area contributed by atoms with Crippen LogP contribution in [-0.2, 0) is 0 Å². The highest BCUT2D eigenvalue weighted by Gasteiger charge is 2.20. The summed E-state index contributed by atoms with van der Waals surface area (Å²) in [5.41, 5.74) is 2.85. The Bertz CT molecular complexity index is 534. The molecule has 1 aliphatic heterocycles. The van der Waals surface area contributed by atoms with E-state index in [1.807, 2.05) is 37.7 Å². The predicted molar refractivity (Wildman–Crippen MR) is 102 cm³/mol. The zero-order valence-corrected chi connectivity index (χ0v) is 16.0. The minimum Gasteiger partial charge on any atom is -0.496 e. The maximum absolute atomic E-state index is 12.2. The van der Waals surface area contributed by atoms with Crippen molar-refractivity contribution in [3.63, 3.8) is 0 Å². The normalized spacial score (nSPS) is 16.0. The van der Waals surface area contributed by atoms with Gasteiger partial charge in [0.05, 0.1) is 7.11 Å². The van der Waals surface area contributed by atoms with E-state index in [1.54, 1.807) is 7.11 Å². The predicted octanol–water partition coefficient (Wildman–Crippen LogP) is 3.26. The summed E-state index contributed by atoms with van der Waals surface area (Å²) in [6.45, 7) is 7.24. The summed E-state index contributed by atoms with van der Waals surface area (Å²) in [6.07, 6.45) is 4.17. The molecule has 0 radical (unpaired) electrons. The lowest BCUT2D eigenvalue weighted by Gasteiger charge is -2.32. The number of anilines is 1. The quantitative estimate of drug-likeness (QED) is 0.826. The van der Waals surface area contributed by atoms with Gasteiger partial charge in [-0.1, -0.05) is 0 Å². The Morgan fingerprint density at radius 2 is 1.92 bits per heavy atom. The van der Waals surface area contributed by atoms with Crippen LogP contribution in [0.5, 0.6) is 5.75 Å². The van der Waals surface area contributed by atoms with Crippen LogP contribution in [0.1, 0.15) is 24.0 Å². The van der Waals surface area contributed by atoms with Crippen LogP contribution in [0, 0.1) is 13.8 Å². The Kier molecular flexibility index (Phi) is 7.24. The molecule has 1 heterocycles. The lowest BCUT2D eigenvalue weighted by Crippen LogP contribution is -2.46. The van der Waals surface area contributed by atoms with E-state index in [9.17, 15) is 4.79 Å². The van der Waals surface area contributed by atoms with Crippen molar-refractivity contribution in [2.45, 2.75) is 32.7 Å². The molecule has 24 heavy (non-hydrogen) atoms. The van der Waals surface area contributed by atoms with E-state index in [-0.39, 0.29) is 12.1 Å². The molecule has 0 spiro atoms. The molecule has 134 valence electrons. The van der Waals surface area contributed by atoms with Crippen molar-refractivity contribution in [1.29, 1.82) is 0 Å². The lowest BCUT2D eigenvalue weighted by molar-refractivity contribution is 0.204. The fourth-order valence-corrected chi connectivity index (χ4v) is 3.66. The molecule has 0 aromatic heterocycles. The third-order valence-corrected chi connectivity index (χ3v) is 5.05. The van der Waals surface area contributed by atoms with Crippen molar-refractivity contribution in [2.24, 2.45) is 0 Å². The van der Waals surface area contributed by atoms with Gasteiger partial charge in [0.25, 0.3) is 0 Å². The molecule has 0 bridgehead atoms. The van der Waals surface area contributed by atoms with Gasteiger partial charge < -0.3 is 20.3 Å². The summed E-state index contributed by atoms with van der Waals surface area (Å²) < 4.78 is 5.36. The lowest BCUT2D eigenvalue weighted by atomic mass is 10.1. The van der Waals surface area contributed by atoms with Crippen molar-refractivity contribution in [2.75, 3.05) is 44.1 Å². The van der Waals surface area contributed by atoms with Crippen LogP contribution in [0.25, 0.3) is 0 Å². The molecule has 0 saturated carbocycles. The number of ether oxygens (including phenoxy) is 1. The number of hydrogen-bond donors (Lipinski definition) is 2. The number of carbonyl (C=O) groups is 1. The number of benzene rings is 1. The summed E-state index contributed by atoms with van der Waals surface area (Å²) in [4.78, 5) is 14.7. The third-order valence-electron chi connectivity index (χ3n) is 4.46. The van der Waals surface area contributed by atoms with Gasteiger partial charge in [-0.05, 0) is 56.2 Å².